The van der Waals surface area contributed by atoms with E-state index in [0.29, 0.717) is 21.4 Å². The lowest BCUT2D eigenvalue weighted by Gasteiger charge is -2.06. The Bertz CT molecular complexity index is 686. The molecule has 96 valence electrons. The van der Waals surface area contributed by atoms with Gasteiger partial charge in [0.25, 0.3) is 0 Å². The van der Waals surface area contributed by atoms with Gasteiger partial charge in [0.15, 0.2) is 0 Å². The lowest BCUT2D eigenvalue weighted by Crippen LogP contribution is -2.01. The van der Waals surface area contributed by atoms with Crippen molar-refractivity contribution in [2.45, 2.75) is 6.10 Å². The summed E-state index contributed by atoms with van der Waals surface area (Å²) < 4.78 is 0. The quantitative estimate of drug-likeness (QED) is 0.751. The number of aliphatic hydroxyl groups excluding tert-OH is 1. The second-order valence-electron chi connectivity index (χ2n) is 4.22. The highest BCUT2D eigenvalue weighted by Gasteiger charge is 2.15. The van der Waals surface area contributed by atoms with Crippen LogP contribution in [0, 0.1) is 0 Å². The molecule has 5 heteroatoms. The molecule has 2 aromatic carbocycles. The average Bonchev–Trinajstić information content (AvgIpc) is 2.82. The zero-order chi connectivity index (χ0) is 13.4. The number of aliphatic hydroxyl groups is 1. The molecule has 0 aliphatic heterocycles. The number of nitrogens with zero attached hydrogens (tertiary/aromatic N) is 1. The Morgan fingerprint density at radius 2 is 1.74 bits per heavy atom. The number of aromatic nitrogens is 2. The topological polar surface area (TPSA) is 48.9 Å². The van der Waals surface area contributed by atoms with Crippen LogP contribution in [0.3, 0.4) is 0 Å². The Kier molecular flexibility index (Phi) is 3.19. The highest BCUT2D eigenvalue weighted by molar-refractivity contribution is 6.42. The van der Waals surface area contributed by atoms with Crippen LogP contribution in [0.4, 0.5) is 0 Å². The number of nitrogens with one attached hydrogen (secondary N) is 1. The van der Waals surface area contributed by atoms with Gasteiger partial charge in [0.1, 0.15) is 11.9 Å². The van der Waals surface area contributed by atoms with Crippen LogP contribution in [0.2, 0.25) is 10.0 Å². The fourth-order valence-corrected chi connectivity index (χ4v) is 2.27. The maximum Gasteiger partial charge on any atom is 0.140 e. The van der Waals surface area contributed by atoms with Crippen molar-refractivity contribution in [3.8, 4) is 0 Å². The van der Waals surface area contributed by atoms with Gasteiger partial charge in [-0.05, 0) is 17.7 Å². The SMILES string of the molecule is O[C@@H](c1ccccc1)c1nc2cc(Cl)c(Cl)cc2[nH]1. The van der Waals surface area contributed by atoms with Gasteiger partial charge in [-0.3, -0.25) is 0 Å². The van der Waals surface area contributed by atoms with Crippen LogP contribution in [0.25, 0.3) is 11.0 Å². The largest absolute Gasteiger partial charge is 0.380 e. The maximum absolute atomic E-state index is 10.3. The number of H-pyrrole nitrogens is 1. The van der Waals surface area contributed by atoms with E-state index < -0.39 is 6.10 Å². The number of rotatable bonds is 2. The minimum Gasteiger partial charge on any atom is -0.380 e. The van der Waals surface area contributed by atoms with Crippen molar-refractivity contribution in [3.05, 3.63) is 63.9 Å². The summed E-state index contributed by atoms with van der Waals surface area (Å²) in [6.45, 7) is 0. The smallest absolute Gasteiger partial charge is 0.140 e. The molecule has 0 aliphatic rings. The summed E-state index contributed by atoms with van der Waals surface area (Å²) in [5.74, 6) is 0.472. The minimum atomic E-state index is -0.800. The number of imidazole rings is 1. The summed E-state index contributed by atoms with van der Waals surface area (Å²) in [5, 5.41) is 11.2. The second kappa shape index (κ2) is 4.85. The van der Waals surface area contributed by atoms with E-state index in [2.05, 4.69) is 9.97 Å². The molecule has 2 N–H and O–H groups in total. The Morgan fingerprint density at radius 1 is 1.05 bits per heavy atom. The molecule has 0 bridgehead atoms. The van der Waals surface area contributed by atoms with Crippen molar-refractivity contribution in [2.24, 2.45) is 0 Å². The van der Waals surface area contributed by atoms with Crippen molar-refractivity contribution in [2.75, 3.05) is 0 Å². The van der Waals surface area contributed by atoms with Crippen LogP contribution in [-0.4, -0.2) is 15.1 Å². The molecule has 1 heterocycles. The predicted molar refractivity (Wildman–Crippen MR) is 76.6 cm³/mol. The van der Waals surface area contributed by atoms with E-state index in [-0.39, 0.29) is 0 Å². The lowest BCUT2D eigenvalue weighted by atomic mass is 10.1. The number of halogens is 2. The van der Waals surface area contributed by atoms with Crippen LogP contribution in [-0.2, 0) is 0 Å². The average molecular weight is 293 g/mol. The summed E-state index contributed by atoms with van der Waals surface area (Å²) in [6, 6.07) is 12.7. The molecule has 0 saturated heterocycles. The van der Waals surface area contributed by atoms with Gasteiger partial charge in [0, 0.05) is 0 Å². The van der Waals surface area contributed by atoms with Gasteiger partial charge < -0.3 is 10.1 Å². The van der Waals surface area contributed by atoms with E-state index in [0.717, 1.165) is 11.1 Å². The number of fused-ring (bicyclic) bond motifs is 1. The summed E-state index contributed by atoms with van der Waals surface area (Å²) in [5.41, 5.74) is 2.21. The maximum atomic E-state index is 10.3. The third kappa shape index (κ3) is 2.32. The van der Waals surface area contributed by atoms with Crippen LogP contribution in [0.5, 0.6) is 0 Å². The van der Waals surface area contributed by atoms with Crippen LogP contribution in [0.15, 0.2) is 42.5 Å². The number of aromatic amines is 1. The molecular formula is C14H10Cl2N2O. The molecule has 3 aromatic rings. The van der Waals surface area contributed by atoms with Crippen molar-refractivity contribution < 1.29 is 5.11 Å². The van der Waals surface area contributed by atoms with Gasteiger partial charge in [0.05, 0.1) is 21.1 Å². The zero-order valence-corrected chi connectivity index (χ0v) is 11.3. The Morgan fingerprint density at radius 3 is 2.47 bits per heavy atom. The molecule has 0 unspecified atom stereocenters. The zero-order valence-electron chi connectivity index (χ0n) is 9.77. The molecule has 0 spiro atoms. The molecule has 3 nitrogen and oxygen atoms in total. The van der Waals surface area contributed by atoms with Crippen LogP contribution in [0.1, 0.15) is 17.5 Å². The predicted octanol–water partition coefficient (Wildman–Crippen LogP) is 3.95. The second-order valence-corrected chi connectivity index (χ2v) is 5.03. The first-order valence-corrected chi connectivity index (χ1v) is 6.48. The van der Waals surface area contributed by atoms with E-state index in [9.17, 15) is 5.11 Å². The Balaban J connectivity index is 2.06. The molecule has 0 radical (unpaired) electrons. The van der Waals surface area contributed by atoms with Crippen molar-refractivity contribution in [1.29, 1.82) is 0 Å². The van der Waals surface area contributed by atoms with Gasteiger partial charge in [0.2, 0.25) is 0 Å². The molecule has 0 fully saturated rings. The van der Waals surface area contributed by atoms with Gasteiger partial charge in [-0.25, -0.2) is 4.98 Å². The van der Waals surface area contributed by atoms with Gasteiger partial charge in [-0.15, -0.1) is 0 Å². The number of hydrogen-bond acceptors (Lipinski definition) is 2. The molecule has 19 heavy (non-hydrogen) atoms. The van der Waals surface area contributed by atoms with Gasteiger partial charge in [-0.2, -0.15) is 0 Å². The number of benzene rings is 2. The summed E-state index contributed by atoms with van der Waals surface area (Å²) in [7, 11) is 0. The fourth-order valence-electron chi connectivity index (χ4n) is 1.95. The number of hydrogen-bond donors (Lipinski definition) is 2. The molecular weight excluding hydrogens is 283 g/mol. The first-order valence-electron chi connectivity index (χ1n) is 5.73. The molecule has 0 saturated carbocycles. The molecule has 1 aromatic heterocycles. The van der Waals surface area contributed by atoms with Gasteiger partial charge in [-0.1, -0.05) is 53.5 Å². The van der Waals surface area contributed by atoms with E-state index >= 15 is 0 Å². The standard InChI is InChI=1S/C14H10Cl2N2O/c15-9-6-11-12(7-10(9)16)18-14(17-11)13(19)8-4-2-1-3-5-8/h1-7,13,19H,(H,17,18)/t13-/m0/s1. The van der Waals surface area contributed by atoms with Crippen molar-refractivity contribution in [1.82, 2.24) is 9.97 Å². The molecule has 0 aliphatic carbocycles. The Labute approximate surface area is 119 Å². The lowest BCUT2D eigenvalue weighted by molar-refractivity contribution is 0.211. The minimum absolute atomic E-state index is 0.446. The first kappa shape index (κ1) is 12.5. The monoisotopic (exact) mass is 292 g/mol. The third-order valence-corrected chi connectivity index (χ3v) is 3.64. The highest BCUT2D eigenvalue weighted by Crippen LogP contribution is 2.28. The summed E-state index contributed by atoms with van der Waals surface area (Å²) in [4.78, 5) is 7.40. The normalized spacial score (nSPS) is 12.8. The molecule has 0 amide bonds. The van der Waals surface area contributed by atoms with E-state index in [4.69, 9.17) is 23.2 Å². The Hall–Kier alpha value is -1.55. The van der Waals surface area contributed by atoms with Crippen LogP contribution < -0.4 is 0 Å². The fraction of sp³-hybridized carbons (Fsp3) is 0.0714. The van der Waals surface area contributed by atoms with Crippen molar-refractivity contribution >= 4 is 34.2 Å². The van der Waals surface area contributed by atoms with Crippen LogP contribution >= 0.6 is 23.2 Å². The first-order chi connectivity index (χ1) is 9.15. The molecule has 1 atom stereocenters. The van der Waals surface area contributed by atoms with E-state index in [1.807, 2.05) is 30.3 Å². The summed E-state index contributed by atoms with van der Waals surface area (Å²) >= 11 is 11.9. The van der Waals surface area contributed by atoms with Gasteiger partial charge >= 0.3 is 0 Å². The van der Waals surface area contributed by atoms with E-state index in [1.54, 1.807) is 12.1 Å². The summed E-state index contributed by atoms with van der Waals surface area (Å²) in [6.07, 6.45) is -0.800. The van der Waals surface area contributed by atoms with E-state index in [1.165, 1.54) is 0 Å². The molecule has 3 rings (SSSR count). The third-order valence-electron chi connectivity index (χ3n) is 2.92. The highest BCUT2D eigenvalue weighted by atomic mass is 35.5. The van der Waals surface area contributed by atoms with Crippen molar-refractivity contribution in [3.63, 3.8) is 0 Å².